The van der Waals surface area contributed by atoms with E-state index in [0.29, 0.717) is 52.5 Å². The third-order valence-corrected chi connectivity index (χ3v) is 16.9. The number of nitrogens with zero attached hydrogens (tertiary/aromatic N) is 5. The van der Waals surface area contributed by atoms with Crippen molar-refractivity contribution < 1.29 is 27.6 Å². The molecule has 1 spiro atoms. The van der Waals surface area contributed by atoms with E-state index in [1.54, 1.807) is 41.7 Å². The number of carbonyl (C=O) groups is 1. The number of nitro groups is 1. The molecule has 4 atom stereocenters. The Bertz CT molecular complexity index is 2610. The highest BCUT2D eigenvalue weighted by Gasteiger charge is 2.55. The van der Waals surface area contributed by atoms with Gasteiger partial charge in [0.2, 0.25) is 0 Å². The number of alkyl halides is 1. The molecule has 1 amide bonds. The monoisotopic (exact) mass is 926 g/mol. The van der Waals surface area contributed by atoms with Gasteiger partial charge in [-0.15, -0.1) is 11.6 Å². The van der Waals surface area contributed by atoms with Gasteiger partial charge in [0.25, 0.3) is 21.6 Å². The van der Waals surface area contributed by atoms with Gasteiger partial charge in [-0.25, -0.2) is 18.1 Å². The molecular weight excluding hydrogens is 868 g/mol. The number of pyridine rings is 1. The number of sulfonamides is 1. The van der Waals surface area contributed by atoms with E-state index in [1.807, 2.05) is 12.1 Å². The van der Waals surface area contributed by atoms with E-state index in [-0.39, 0.29) is 17.0 Å². The van der Waals surface area contributed by atoms with Crippen LogP contribution in [0.3, 0.4) is 0 Å². The quantitative estimate of drug-likeness (QED) is 0.0485. The summed E-state index contributed by atoms with van der Waals surface area (Å²) in [5, 5.41) is 16.4. The minimum absolute atomic E-state index is 0.0184. The summed E-state index contributed by atoms with van der Waals surface area (Å²) in [5.74, 6) is 1.68. The zero-order chi connectivity index (χ0) is 45.1. The second-order valence-corrected chi connectivity index (χ2v) is 22.4. The van der Waals surface area contributed by atoms with Gasteiger partial charge in [-0.3, -0.25) is 19.8 Å². The maximum Gasteiger partial charge on any atom is 0.293 e. The zero-order valence-corrected chi connectivity index (χ0v) is 38.8. The van der Waals surface area contributed by atoms with Crippen LogP contribution in [0.25, 0.3) is 11.0 Å². The first-order valence-electron chi connectivity index (χ1n) is 23.2. The lowest BCUT2D eigenvalue weighted by atomic mass is 9.70. The van der Waals surface area contributed by atoms with Crippen LogP contribution in [0.1, 0.15) is 69.2 Å². The summed E-state index contributed by atoms with van der Waals surface area (Å²) in [6, 6.07) is 12.4. The number of likely N-dealkylation sites (tertiary alicyclic amines) is 1. The van der Waals surface area contributed by atoms with Crippen LogP contribution < -0.4 is 19.7 Å². The van der Waals surface area contributed by atoms with Crippen molar-refractivity contribution in [1.82, 2.24) is 24.5 Å². The van der Waals surface area contributed by atoms with Crippen LogP contribution in [0.5, 0.6) is 11.5 Å². The number of amides is 1. The van der Waals surface area contributed by atoms with Crippen molar-refractivity contribution in [2.24, 2.45) is 28.6 Å². The number of aromatic amines is 1. The maximum atomic E-state index is 14.0. The highest BCUT2D eigenvalue weighted by Crippen LogP contribution is 2.62. The molecule has 5 fully saturated rings. The molecule has 3 N–H and O–H groups in total. The van der Waals surface area contributed by atoms with Gasteiger partial charge in [0, 0.05) is 112 Å². The number of piperazine rings is 1. The Morgan fingerprint density at radius 2 is 1.82 bits per heavy atom. The first kappa shape index (κ1) is 44.1. The van der Waals surface area contributed by atoms with Crippen LogP contribution in [0.2, 0.25) is 0 Å². The second kappa shape index (κ2) is 17.5. The highest BCUT2D eigenvalue weighted by atomic mass is 35.5. The number of hydrogen-bond donors (Lipinski definition) is 3. The van der Waals surface area contributed by atoms with Crippen LogP contribution in [0.4, 0.5) is 17.1 Å². The van der Waals surface area contributed by atoms with Gasteiger partial charge in [-0.2, -0.15) is 0 Å². The number of fused-ring (bicyclic) bond motifs is 2. The van der Waals surface area contributed by atoms with Crippen molar-refractivity contribution in [3.05, 3.63) is 87.7 Å². The number of hydrogen-bond acceptors (Lipinski definition) is 12. The number of aromatic nitrogens is 2. The Morgan fingerprint density at radius 3 is 2.55 bits per heavy atom. The molecule has 2 aromatic heterocycles. The Morgan fingerprint density at radius 1 is 1.02 bits per heavy atom. The van der Waals surface area contributed by atoms with E-state index in [0.717, 1.165) is 114 Å². The number of nitrogens with one attached hydrogen (secondary N) is 3. The maximum absolute atomic E-state index is 14.0. The number of anilines is 2. The zero-order valence-electron chi connectivity index (χ0n) is 37.2. The summed E-state index contributed by atoms with van der Waals surface area (Å²) in [6.07, 6.45) is 11.3. The molecule has 6 aliphatic rings. The summed E-state index contributed by atoms with van der Waals surface area (Å²) in [5.41, 5.74) is 5.22. The molecule has 346 valence electrons. The fourth-order valence-corrected chi connectivity index (χ4v) is 12.8. The van der Waals surface area contributed by atoms with Crippen molar-refractivity contribution in [2.75, 3.05) is 82.3 Å². The molecule has 5 heterocycles. The van der Waals surface area contributed by atoms with Crippen molar-refractivity contribution in [2.45, 2.75) is 69.1 Å². The Labute approximate surface area is 385 Å². The lowest BCUT2D eigenvalue weighted by molar-refractivity contribution is -0.384. The second-order valence-electron chi connectivity index (χ2n) is 20.1. The fraction of sp³-hybridized carbons (Fsp3) is 0.542. The Kier molecular flexibility index (Phi) is 11.9. The van der Waals surface area contributed by atoms with Gasteiger partial charge < -0.3 is 29.6 Å². The van der Waals surface area contributed by atoms with Gasteiger partial charge in [0.1, 0.15) is 22.8 Å². The summed E-state index contributed by atoms with van der Waals surface area (Å²) in [6.45, 7) is 13.7. The molecule has 2 unspecified atom stereocenters. The van der Waals surface area contributed by atoms with Gasteiger partial charge in [0.05, 0.1) is 21.6 Å². The van der Waals surface area contributed by atoms with Crippen molar-refractivity contribution in [3.63, 3.8) is 0 Å². The molecular formula is C48H59ClN8O7S. The standard InChI is InChI=1S/C48H59ClN8O7S/c1-47(2)9-7-32(40(26-47)38-25-41(49)39-24-37(38)39)28-54-15-17-56(18-16-54)33-3-5-36(44(22-33)64-34-21-31-8-12-51-45(31)52-27-34)46(58)53-65(61,62)35-4-6-42(43(23-35)57(59)60)50-13-14-55-29-48(30-55)10-19-63-20-11-48/h3-6,8,12,21-23,27,37-39,41,50H,7,9-11,13-20,24-26,28-30H2,1-2H3,(H,51,52)(H,53,58)/t37?,38-,39?,41+/m1/s1. The number of carbonyl (C=O) groups excluding carboxylic acids is 1. The van der Waals surface area contributed by atoms with E-state index in [9.17, 15) is 23.3 Å². The van der Waals surface area contributed by atoms with Gasteiger partial charge in [0.15, 0.2) is 0 Å². The van der Waals surface area contributed by atoms with E-state index in [4.69, 9.17) is 21.1 Å². The molecule has 2 aromatic carbocycles. The lowest BCUT2D eigenvalue weighted by Crippen LogP contribution is -2.59. The van der Waals surface area contributed by atoms with Crippen molar-refractivity contribution >= 4 is 55.6 Å². The van der Waals surface area contributed by atoms with E-state index < -0.39 is 31.4 Å². The SMILES string of the molecule is CC1(C)CCC(CN2CCN(c3ccc(C(=O)NS(=O)(=O)c4ccc(NCCN5CC6(CCOCC6)C5)c([N+](=O)[O-])c4)c(Oc4cnc5[nH]ccc5c4)c3)CC2)=C([C@@H]2C[C@H](Cl)C3CC32)C1. The highest BCUT2D eigenvalue weighted by molar-refractivity contribution is 7.90. The van der Waals surface area contributed by atoms with Gasteiger partial charge >= 0.3 is 0 Å². The van der Waals surface area contributed by atoms with Crippen LogP contribution >= 0.6 is 11.6 Å². The third kappa shape index (κ3) is 9.34. The van der Waals surface area contributed by atoms with Gasteiger partial charge in [-0.1, -0.05) is 25.0 Å². The van der Waals surface area contributed by atoms with Crippen LogP contribution in [-0.4, -0.2) is 117 Å². The Hall–Kier alpha value is -4.74. The van der Waals surface area contributed by atoms with E-state index in [1.165, 1.54) is 25.0 Å². The molecule has 3 saturated heterocycles. The summed E-state index contributed by atoms with van der Waals surface area (Å²) >= 11 is 6.79. The topological polar surface area (TPSA) is 175 Å². The smallest absolute Gasteiger partial charge is 0.293 e. The normalized spacial score (nSPS) is 25.3. The van der Waals surface area contributed by atoms with Crippen LogP contribution in [0.15, 0.2) is 77.0 Å². The summed E-state index contributed by atoms with van der Waals surface area (Å²) < 4.78 is 41.5. The number of rotatable bonds is 14. The predicted octanol–water partition coefficient (Wildman–Crippen LogP) is 7.80. The average Bonchev–Trinajstić information content (AvgIpc) is 3.82. The number of benzene rings is 2. The first-order valence-corrected chi connectivity index (χ1v) is 25.1. The Balaban J connectivity index is 0.829. The van der Waals surface area contributed by atoms with Crippen molar-refractivity contribution in [1.29, 1.82) is 0 Å². The number of H-pyrrole nitrogens is 1. The number of ether oxygens (including phenoxy) is 2. The van der Waals surface area contributed by atoms with Crippen LogP contribution in [0, 0.1) is 38.7 Å². The molecule has 65 heavy (non-hydrogen) atoms. The summed E-state index contributed by atoms with van der Waals surface area (Å²) in [7, 11) is -4.55. The molecule has 4 aromatic rings. The molecule has 3 aliphatic heterocycles. The molecule has 10 rings (SSSR count). The minimum atomic E-state index is -4.55. The molecule has 15 nitrogen and oxygen atoms in total. The fourth-order valence-electron chi connectivity index (χ4n) is 11.3. The molecule has 0 bridgehead atoms. The first-order chi connectivity index (χ1) is 31.2. The molecule has 3 aliphatic carbocycles. The van der Waals surface area contributed by atoms with Gasteiger partial charge in [-0.05, 0) is 105 Å². The lowest BCUT2D eigenvalue weighted by Gasteiger charge is -2.52. The molecule has 2 saturated carbocycles. The van der Waals surface area contributed by atoms with Crippen LogP contribution in [-0.2, 0) is 14.8 Å². The van der Waals surface area contributed by atoms with E-state index in [2.05, 4.69) is 48.6 Å². The number of nitro benzene ring substituents is 1. The number of allylic oxidation sites excluding steroid dienone is 1. The van der Waals surface area contributed by atoms with Crippen molar-refractivity contribution in [3.8, 4) is 11.5 Å². The summed E-state index contributed by atoms with van der Waals surface area (Å²) in [4.78, 5) is 39.8. The minimum Gasteiger partial charge on any atom is -0.455 e. The predicted molar refractivity (Wildman–Crippen MR) is 250 cm³/mol. The molecule has 0 radical (unpaired) electrons. The number of halogens is 1. The largest absolute Gasteiger partial charge is 0.455 e. The molecule has 17 heteroatoms. The van der Waals surface area contributed by atoms with E-state index >= 15 is 0 Å². The third-order valence-electron chi connectivity index (χ3n) is 15.1. The average molecular weight is 928 g/mol.